The molecule has 3 atom stereocenters. The van der Waals surface area contributed by atoms with E-state index in [1.54, 1.807) is 0 Å². The molecule has 0 aliphatic rings. The van der Waals surface area contributed by atoms with Crippen LogP contribution in [-0.2, 0) is 0 Å². The van der Waals surface area contributed by atoms with E-state index >= 15 is 0 Å². The summed E-state index contributed by atoms with van der Waals surface area (Å²) in [6, 6.07) is 0. The third-order valence-corrected chi connectivity index (χ3v) is 0.421. The lowest BCUT2D eigenvalue weighted by Gasteiger charge is -1.96. The second-order valence-electron chi connectivity index (χ2n) is 1.02. The minimum Gasteiger partial charge on any atom is -0.394 e. The summed E-state index contributed by atoms with van der Waals surface area (Å²) in [6.45, 7) is -0.729. The summed E-state index contributed by atoms with van der Waals surface area (Å²) >= 11 is 0. The molecule has 0 aromatic heterocycles. The van der Waals surface area contributed by atoms with E-state index in [0.717, 1.165) is 0 Å². The first kappa shape index (κ1) is 22.5. The highest BCUT2D eigenvalue weighted by Crippen LogP contribution is 1.71. The Morgan fingerprint density at radius 1 is 0.889 bits per heavy atom. The predicted molar refractivity (Wildman–Crippen MR) is 53.5 cm³/mol. The molecule has 0 aliphatic carbocycles. The Kier molecular flexibility index (Phi) is 40.1. The molecule has 0 aliphatic heterocycles. The van der Waals surface area contributed by atoms with Crippen LogP contribution >= 0.6 is 29.7 Å². The number of rotatable bonds is 2. The minimum absolute atomic E-state index is 0. The Morgan fingerprint density at radius 3 is 1.11 bits per heavy atom. The molecule has 0 fully saturated rings. The van der Waals surface area contributed by atoms with Crippen molar-refractivity contribution >= 4 is 29.7 Å². The normalized spacial score (nSPS) is 6.67. The average Bonchev–Trinajstić information content (AvgIpc) is 1.65. The first-order chi connectivity index (χ1) is 2.81. The summed E-state index contributed by atoms with van der Waals surface area (Å²) in [6.07, 6.45) is -0.954. The molecule has 3 nitrogen and oxygen atoms in total. The molecular formula is C3H17O3P3. The quantitative estimate of drug-likeness (QED) is 0.469. The molecule has 0 aromatic rings. The fourth-order valence-corrected chi connectivity index (χ4v) is 0.0577. The fourth-order valence-electron chi connectivity index (χ4n) is 0.0577. The van der Waals surface area contributed by atoms with Crippen molar-refractivity contribution in [2.24, 2.45) is 0 Å². The molecule has 0 aromatic carbocycles. The molecule has 62 valence electrons. The molecule has 0 spiro atoms. The van der Waals surface area contributed by atoms with Gasteiger partial charge in [-0.1, -0.05) is 0 Å². The average molecular weight is 194 g/mol. The summed E-state index contributed by atoms with van der Waals surface area (Å²) in [7, 11) is 0. The van der Waals surface area contributed by atoms with Crippen molar-refractivity contribution in [2.75, 3.05) is 13.2 Å². The zero-order chi connectivity index (χ0) is 4.99. The largest absolute Gasteiger partial charge is 0.394 e. The third kappa shape index (κ3) is 17.6. The first-order valence-corrected chi connectivity index (χ1v) is 1.71. The fraction of sp³-hybridized carbons (Fsp3) is 1.00. The van der Waals surface area contributed by atoms with Gasteiger partial charge in [-0.2, -0.15) is 29.7 Å². The molecule has 0 rings (SSSR count). The van der Waals surface area contributed by atoms with Gasteiger partial charge in [0.05, 0.1) is 13.2 Å². The molecule has 6 heteroatoms. The molecule has 0 radical (unpaired) electrons. The molecular weight excluding hydrogens is 177 g/mol. The number of hydrogen-bond acceptors (Lipinski definition) is 3. The van der Waals surface area contributed by atoms with E-state index in [1.165, 1.54) is 0 Å². The zero-order valence-electron chi connectivity index (χ0n) is 5.45. The Morgan fingerprint density at radius 2 is 1.11 bits per heavy atom. The molecule has 0 saturated heterocycles. The van der Waals surface area contributed by atoms with Crippen molar-refractivity contribution in [2.45, 2.75) is 6.10 Å². The van der Waals surface area contributed by atoms with Gasteiger partial charge in [-0.15, -0.1) is 0 Å². The summed E-state index contributed by atoms with van der Waals surface area (Å²) < 4.78 is 0. The third-order valence-electron chi connectivity index (χ3n) is 0.421. The van der Waals surface area contributed by atoms with Crippen LogP contribution in [0.2, 0.25) is 0 Å². The minimum atomic E-state index is -0.954. The van der Waals surface area contributed by atoms with Gasteiger partial charge in [0, 0.05) is 0 Å². The van der Waals surface area contributed by atoms with E-state index in [4.69, 9.17) is 15.3 Å². The second kappa shape index (κ2) is 16.1. The molecule has 0 saturated carbocycles. The van der Waals surface area contributed by atoms with Gasteiger partial charge in [0.1, 0.15) is 6.10 Å². The van der Waals surface area contributed by atoms with Crippen LogP contribution < -0.4 is 0 Å². The molecule has 3 N–H and O–H groups in total. The van der Waals surface area contributed by atoms with E-state index in [2.05, 4.69) is 0 Å². The smallest absolute Gasteiger partial charge is 0.100 e. The maximum absolute atomic E-state index is 8.17. The van der Waals surface area contributed by atoms with Crippen molar-refractivity contribution in [1.29, 1.82) is 0 Å². The lowest BCUT2D eigenvalue weighted by molar-refractivity contribution is 0.0450. The van der Waals surface area contributed by atoms with Crippen molar-refractivity contribution in [1.82, 2.24) is 0 Å². The standard InChI is InChI=1S/C3H8O3.3H3P/c4-1-3(6)2-5;;;/h3-6H,1-2H2;3*1H3. The highest BCUT2D eigenvalue weighted by molar-refractivity contribution is 6.92. The highest BCUT2D eigenvalue weighted by Gasteiger charge is 1.93. The van der Waals surface area contributed by atoms with Crippen LogP contribution in [0.1, 0.15) is 0 Å². The van der Waals surface area contributed by atoms with E-state index in [-0.39, 0.29) is 42.9 Å². The van der Waals surface area contributed by atoms with Crippen LogP contribution in [0.3, 0.4) is 0 Å². The molecule has 0 bridgehead atoms. The first-order valence-electron chi connectivity index (χ1n) is 1.71. The summed E-state index contributed by atoms with van der Waals surface area (Å²) in [5.41, 5.74) is 0. The predicted octanol–water partition coefficient (Wildman–Crippen LogP) is -1.49. The highest BCUT2D eigenvalue weighted by atomic mass is 31.0. The molecule has 3 unspecified atom stereocenters. The Labute approximate surface area is 65.1 Å². The lowest BCUT2D eigenvalue weighted by atomic mass is 10.4. The van der Waals surface area contributed by atoms with Gasteiger partial charge in [0.15, 0.2) is 0 Å². The molecule has 0 amide bonds. The second-order valence-corrected chi connectivity index (χ2v) is 1.02. The number of aliphatic hydroxyl groups is 3. The van der Waals surface area contributed by atoms with Gasteiger partial charge < -0.3 is 15.3 Å². The van der Waals surface area contributed by atoms with Crippen LogP contribution in [0, 0.1) is 0 Å². The monoisotopic (exact) mass is 194 g/mol. The maximum atomic E-state index is 8.17. The van der Waals surface area contributed by atoms with Gasteiger partial charge in [-0.3, -0.25) is 0 Å². The molecule has 0 heterocycles. The van der Waals surface area contributed by atoms with Gasteiger partial charge in [0.25, 0.3) is 0 Å². The topological polar surface area (TPSA) is 60.7 Å². The van der Waals surface area contributed by atoms with Gasteiger partial charge in [0.2, 0.25) is 0 Å². The van der Waals surface area contributed by atoms with Gasteiger partial charge in [-0.05, 0) is 0 Å². The van der Waals surface area contributed by atoms with Crippen LogP contribution in [0.15, 0.2) is 0 Å². The van der Waals surface area contributed by atoms with E-state index < -0.39 is 6.10 Å². The molecule has 9 heavy (non-hydrogen) atoms. The van der Waals surface area contributed by atoms with Crippen molar-refractivity contribution in [3.8, 4) is 0 Å². The van der Waals surface area contributed by atoms with Crippen LogP contribution in [0.25, 0.3) is 0 Å². The Balaban J connectivity index is -0.0000000417. The van der Waals surface area contributed by atoms with E-state index in [9.17, 15) is 0 Å². The zero-order valence-corrected chi connectivity index (χ0v) is 9.70. The van der Waals surface area contributed by atoms with E-state index in [0.29, 0.717) is 0 Å². The van der Waals surface area contributed by atoms with Crippen molar-refractivity contribution in [3.05, 3.63) is 0 Å². The maximum Gasteiger partial charge on any atom is 0.100 e. The number of hydrogen-bond donors (Lipinski definition) is 3. The van der Waals surface area contributed by atoms with Crippen LogP contribution in [-0.4, -0.2) is 34.6 Å². The van der Waals surface area contributed by atoms with Crippen molar-refractivity contribution in [3.63, 3.8) is 0 Å². The lowest BCUT2D eigenvalue weighted by Crippen LogP contribution is -2.15. The Hall–Kier alpha value is 1.17. The SMILES string of the molecule is OCC(O)CO.P.P.P. The summed E-state index contributed by atoms with van der Waals surface area (Å²) in [5.74, 6) is 0. The van der Waals surface area contributed by atoms with E-state index in [1.807, 2.05) is 0 Å². The Bertz CT molecular complexity index is 33.5. The number of aliphatic hydroxyl groups excluding tert-OH is 3. The van der Waals surface area contributed by atoms with Crippen molar-refractivity contribution < 1.29 is 15.3 Å². The summed E-state index contributed by atoms with van der Waals surface area (Å²) in [5, 5.41) is 24.0. The van der Waals surface area contributed by atoms with Gasteiger partial charge >= 0.3 is 0 Å². The summed E-state index contributed by atoms with van der Waals surface area (Å²) in [4.78, 5) is 0. The van der Waals surface area contributed by atoms with Crippen LogP contribution in [0.4, 0.5) is 0 Å². The van der Waals surface area contributed by atoms with Crippen LogP contribution in [0.5, 0.6) is 0 Å². The van der Waals surface area contributed by atoms with Gasteiger partial charge in [-0.25, -0.2) is 0 Å².